The molecular formula is C14H17FN2OS. The molecule has 1 amide bonds. The average Bonchev–Trinajstić information content (AvgIpc) is 2.36. The normalized spacial score (nSPS) is 14.4. The van der Waals surface area contributed by atoms with Gasteiger partial charge in [0, 0.05) is 18.7 Å². The van der Waals surface area contributed by atoms with Crippen molar-refractivity contribution < 1.29 is 9.18 Å². The maximum atomic E-state index is 13.2. The van der Waals surface area contributed by atoms with Crippen molar-refractivity contribution in [3.63, 3.8) is 0 Å². The Bertz CT molecular complexity index is 504. The fraction of sp³-hybridized carbons (Fsp3) is 0.429. The summed E-state index contributed by atoms with van der Waals surface area (Å²) in [5.41, 5.74) is 7.19. The molecule has 2 rings (SSSR count). The first kappa shape index (κ1) is 13.9. The summed E-state index contributed by atoms with van der Waals surface area (Å²) in [6.45, 7) is 0.639. The van der Waals surface area contributed by atoms with Crippen LogP contribution in [0.1, 0.15) is 31.2 Å². The van der Waals surface area contributed by atoms with Gasteiger partial charge in [-0.25, -0.2) is 4.39 Å². The number of unbranched alkanes of at least 4 members (excludes halogenated alkanes) is 1. The van der Waals surface area contributed by atoms with Gasteiger partial charge in [0.15, 0.2) is 0 Å². The van der Waals surface area contributed by atoms with E-state index in [1.54, 1.807) is 11.0 Å². The molecule has 0 aromatic heterocycles. The summed E-state index contributed by atoms with van der Waals surface area (Å²) in [6, 6.07) is 4.61. The number of halogens is 1. The van der Waals surface area contributed by atoms with Gasteiger partial charge >= 0.3 is 0 Å². The number of fused-ring (bicyclic) bond motifs is 1. The molecule has 1 aromatic carbocycles. The van der Waals surface area contributed by atoms with Gasteiger partial charge in [-0.2, -0.15) is 0 Å². The summed E-state index contributed by atoms with van der Waals surface area (Å²) < 4.78 is 13.2. The Morgan fingerprint density at radius 3 is 2.89 bits per heavy atom. The second kappa shape index (κ2) is 6.10. The van der Waals surface area contributed by atoms with E-state index in [0.29, 0.717) is 30.8 Å². The van der Waals surface area contributed by atoms with E-state index >= 15 is 0 Å². The highest BCUT2D eigenvalue weighted by molar-refractivity contribution is 7.80. The summed E-state index contributed by atoms with van der Waals surface area (Å²) in [5.74, 6) is -0.143. The minimum atomic E-state index is -0.249. The van der Waals surface area contributed by atoms with Gasteiger partial charge in [-0.3, -0.25) is 4.79 Å². The van der Waals surface area contributed by atoms with E-state index in [-0.39, 0.29) is 11.7 Å². The Labute approximate surface area is 117 Å². The van der Waals surface area contributed by atoms with Crippen molar-refractivity contribution in [3.05, 3.63) is 29.6 Å². The van der Waals surface area contributed by atoms with Gasteiger partial charge in [0.05, 0.1) is 4.99 Å². The zero-order chi connectivity index (χ0) is 13.8. The van der Waals surface area contributed by atoms with Gasteiger partial charge in [0.25, 0.3) is 0 Å². The van der Waals surface area contributed by atoms with E-state index in [0.717, 1.165) is 24.1 Å². The lowest BCUT2D eigenvalue weighted by atomic mass is 10.0. The lowest BCUT2D eigenvalue weighted by Gasteiger charge is -2.29. The molecule has 0 radical (unpaired) electrons. The Morgan fingerprint density at radius 2 is 2.16 bits per heavy atom. The fourth-order valence-electron chi connectivity index (χ4n) is 2.34. The summed E-state index contributed by atoms with van der Waals surface area (Å²) >= 11 is 4.82. The number of benzene rings is 1. The number of rotatable bonds is 5. The lowest BCUT2D eigenvalue weighted by Crippen LogP contribution is -2.36. The molecule has 1 heterocycles. The third-order valence-corrected chi connectivity index (χ3v) is 3.50. The Kier molecular flexibility index (Phi) is 4.47. The highest BCUT2D eigenvalue weighted by atomic mass is 32.1. The van der Waals surface area contributed by atoms with E-state index in [2.05, 4.69) is 0 Å². The highest BCUT2D eigenvalue weighted by Gasteiger charge is 2.23. The molecule has 19 heavy (non-hydrogen) atoms. The number of hydrogen-bond acceptors (Lipinski definition) is 2. The van der Waals surface area contributed by atoms with Crippen LogP contribution in [0.3, 0.4) is 0 Å². The van der Waals surface area contributed by atoms with Crippen LogP contribution in [0.25, 0.3) is 0 Å². The molecule has 0 saturated carbocycles. The number of amides is 1. The van der Waals surface area contributed by atoms with Crippen LogP contribution in [-0.4, -0.2) is 17.4 Å². The lowest BCUT2D eigenvalue weighted by molar-refractivity contribution is -0.118. The molecule has 0 fully saturated rings. The van der Waals surface area contributed by atoms with E-state index in [9.17, 15) is 9.18 Å². The first-order valence-electron chi connectivity index (χ1n) is 6.45. The summed E-state index contributed by atoms with van der Waals surface area (Å²) in [4.78, 5) is 14.2. The van der Waals surface area contributed by atoms with E-state index in [1.165, 1.54) is 12.1 Å². The van der Waals surface area contributed by atoms with E-state index in [4.69, 9.17) is 18.0 Å². The first-order chi connectivity index (χ1) is 9.08. The van der Waals surface area contributed by atoms with Gasteiger partial charge < -0.3 is 10.6 Å². The van der Waals surface area contributed by atoms with Crippen LogP contribution in [0.4, 0.5) is 10.1 Å². The van der Waals surface area contributed by atoms with Crippen molar-refractivity contribution >= 4 is 28.8 Å². The molecule has 1 aromatic rings. The van der Waals surface area contributed by atoms with Gasteiger partial charge in [0.1, 0.15) is 5.82 Å². The highest BCUT2D eigenvalue weighted by Crippen LogP contribution is 2.28. The predicted octanol–water partition coefficient (Wildman–Crippen LogP) is 2.56. The Morgan fingerprint density at radius 1 is 1.37 bits per heavy atom. The molecule has 0 atom stereocenters. The van der Waals surface area contributed by atoms with Crippen LogP contribution in [0, 0.1) is 5.82 Å². The average molecular weight is 280 g/mol. The van der Waals surface area contributed by atoms with Crippen molar-refractivity contribution in [1.29, 1.82) is 0 Å². The van der Waals surface area contributed by atoms with Crippen molar-refractivity contribution in [2.75, 3.05) is 11.4 Å². The SMILES string of the molecule is NC(=S)CCCCN1C(=O)CCc2cc(F)ccc21. The van der Waals surface area contributed by atoms with E-state index < -0.39 is 0 Å². The van der Waals surface area contributed by atoms with Crippen molar-refractivity contribution in [2.24, 2.45) is 5.73 Å². The minimum Gasteiger partial charge on any atom is -0.393 e. The van der Waals surface area contributed by atoms with Crippen LogP contribution >= 0.6 is 12.2 Å². The number of carbonyl (C=O) groups excluding carboxylic acids is 1. The van der Waals surface area contributed by atoms with Crippen LogP contribution < -0.4 is 10.6 Å². The quantitative estimate of drug-likeness (QED) is 0.666. The summed E-state index contributed by atoms with van der Waals surface area (Å²) in [5, 5.41) is 0. The molecular weight excluding hydrogens is 263 g/mol. The third-order valence-electron chi connectivity index (χ3n) is 3.30. The van der Waals surface area contributed by atoms with Gasteiger partial charge in [0.2, 0.25) is 5.91 Å². The van der Waals surface area contributed by atoms with E-state index in [1.807, 2.05) is 0 Å². The topological polar surface area (TPSA) is 46.3 Å². The smallest absolute Gasteiger partial charge is 0.227 e. The zero-order valence-corrected chi connectivity index (χ0v) is 11.5. The summed E-state index contributed by atoms with van der Waals surface area (Å²) in [7, 11) is 0. The molecule has 1 aliphatic rings. The van der Waals surface area contributed by atoms with Crippen LogP contribution in [0.2, 0.25) is 0 Å². The summed E-state index contributed by atoms with van der Waals surface area (Å²) in [6.07, 6.45) is 3.49. The molecule has 0 unspecified atom stereocenters. The maximum Gasteiger partial charge on any atom is 0.227 e. The Balaban J connectivity index is 2.04. The fourth-order valence-corrected chi connectivity index (χ4v) is 2.49. The van der Waals surface area contributed by atoms with Crippen LogP contribution in [0.5, 0.6) is 0 Å². The molecule has 3 nitrogen and oxygen atoms in total. The molecule has 0 aliphatic carbocycles. The number of aryl methyl sites for hydroxylation is 1. The molecule has 0 spiro atoms. The second-order valence-electron chi connectivity index (χ2n) is 4.74. The van der Waals surface area contributed by atoms with Gasteiger partial charge in [-0.15, -0.1) is 0 Å². The number of thiocarbonyl (C=S) groups is 1. The third kappa shape index (κ3) is 3.50. The van der Waals surface area contributed by atoms with Crippen LogP contribution in [-0.2, 0) is 11.2 Å². The Hall–Kier alpha value is -1.49. The minimum absolute atomic E-state index is 0.106. The molecule has 5 heteroatoms. The molecule has 102 valence electrons. The first-order valence-corrected chi connectivity index (χ1v) is 6.86. The predicted molar refractivity (Wildman–Crippen MR) is 77.7 cm³/mol. The molecule has 2 N–H and O–H groups in total. The zero-order valence-electron chi connectivity index (χ0n) is 10.7. The van der Waals surface area contributed by atoms with Gasteiger partial charge in [-0.1, -0.05) is 12.2 Å². The monoisotopic (exact) mass is 280 g/mol. The molecule has 0 bridgehead atoms. The van der Waals surface area contributed by atoms with Crippen molar-refractivity contribution in [2.45, 2.75) is 32.1 Å². The van der Waals surface area contributed by atoms with Gasteiger partial charge in [-0.05, 0) is 49.4 Å². The standard InChI is InChI=1S/C14H17FN2OS/c15-11-5-6-12-10(9-11)4-7-14(18)17(12)8-2-1-3-13(16)19/h5-6,9H,1-4,7-8H2,(H2,16,19). The number of nitrogens with two attached hydrogens (primary N) is 1. The second-order valence-corrected chi connectivity index (χ2v) is 5.27. The molecule has 1 aliphatic heterocycles. The van der Waals surface area contributed by atoms with Crippen LogP contribution in [0.15, 0.2) is 18.2 Å². The molecule has 0 saturated heterocycles. The van der Waals surface area contributed by atoms with Crippen molar-refractivity contribution in [1.82, 2.24) is 0 Å². The number of nitrogens with zero attached hydrogens (tertiary/aromatic N) is 1. The number of carbonyl (C=O) groups is 1. The number of hydrogen-bond donors (Lipinski definition) is 1. The van der Waals surface area contributed by atoms with Crippen molar-refractivity contribution in [3.8, 4) is 0 Å². The number of anilines is 1. The largest absolute Gasteiger partial charge is 0.393 e. The maximum absolute atomic E-state index is 13.2.